The number of nitrogens with one attached hydrogen (secondary N) is 1. The Balaban J connectivity index is 1.92. The Hall–Kier alpha value is -0.860. The second-order valence-corrected chi connectivity index (χ2v) is 4.42. The van der Waals surface area contributed by atoms with Gasteiger partial charge >= 0.3 is 0 Å². The van der Waals surface area contributed by atoms with Crippen molar-refractivity contribution in [3.8, 4) is 0 Å². The molecule has 12 heavy (non-hydrogen) atoms. The largest absolute Gasteiger partial charge is 0.343 e. The fourth-order valence-electron chi connectivity index (χ4n) is 2.06. The minimum Gasteiger partial charge on any atom is -0.343 e. The second-order valence-electron chi connectivity index (χ2n) is 4.42. The molecule has 2 aliphatic carbocycles. The molecule has 1 N–H and O–H groups in total. The van der Waals surface area contributed by atoms with Crippen molar-refractivity contribution in [2.75, 3.05) is 0 Å². The zero-order valence-electron chi connectivity index (χ0n) is 6.85. The van der Waals surface area contributed by atoms with E-state index in [1.165, 1.54) is 0 Å². The van der Waals surface area contributed by atoms with Crippen molar-refractivity contribution in [1.29, 1.82) is 0 Å². The Kier molecular flexibility index (Phi) is 0.875. The van der Waals surface area contributed by atoms with Gasteiger partial charge in [0.25, 0.3) is 0 Å². The van der Waals surface area contributed by atoms with Crippen molar-refractivity contribution < 1.29 is 9.59 Å². The third-order valence-corrected chi connectivity index (χ3v) is 3.47. The molecule has 2 spiro atoms. The monoisotopic (exact) mass is 165 g/mol. The minimum atomic E-state index is -0.384. The van der Waals surface area contributed by atoms with Gasteiger partial charge in [-0.3, -0.25) is 9.59 Å². The number of carbonyl (C=O) groups is 2. The number of Topliss-reactive ketones (excluding diaryl/α,β-unsaturated/α-hetero) is 1. The van der Waals surface area contributed by atoms with Crippen molar-refractivity contribution in [2.45, 2.75) is 37.6 Å². The Bertz CT molecular complexity index is 257. The van der Waals surface area contributed by atoms with Crippen LogP contribution in [0.5, 0.6) is 0 Å². The van der Waals surface area contributed by atoms with E-state index in [-0.39, 0.29) is 22.6 Å². The van der Waals surface area contributed by atoms with E-state index in [4.69, 9.17) is 0 Å². The summed E-state index contributed by atoms with van der Waals surface area (Å²) in [5.41, 5.74) is -0.629. The van der Waals surface area contributed by atoms with Crippen LogP contribution in [0.15, 0.2) is 0 Å². The molecule has 3 rings (SSSR count). The molecule has 3 aliphatic rings. The Morgan fingerprint density at radius 2 is 1.75 bits per heavy atom. The third-order valence-electron chi connectivity index (χ3n) is 3.47. The van der Waals surface area contributed by atoms with Crippen LogP contribution in [0.25, 0.3) is 0 Å². The summed E-state index contributed by atoms with van der Waals surface area (Å²) < 4.78 is 0. The summed E-state index contributed by atoms with van der Waals surface area (Å²) >= 11 is 0. The highest BCUT2D eigenvalue weighted by Crippen LogP contribution is 2.55. The van der Waals surface area contributed by atoms with E-state index in [9.17, 15) is 9.59 Å². The number of carbonyl (C=O) groups excluding carboxylic acids is 2. The van der Waals surface area contributed by atoms with Crippen LogP contribution in [0.2, 0.25) is 0 Å². The van der Waals surface area contributed by atoms with Gasteiger partial charge in [0, 0.05) is 6.42 Å². The smallest absolute Gasteiger partial charge is 0.227 e. The molecule has 0 aromatic carbocycles. The predicted octanol–water partition coefficient (Wildman–Crippen LogP) is 0.388. The van der Waals surface area contributed by atoms with Gasteiger partial charge in [-0.1, -0.05) is 0 Å². The van der Waals surface area contributed by atoms with E-state index in [0.717, 1.165) is 25.7 Å². The van der Waals surface area contributed by atoms with Gasteiger partial charge in [-0.25, -0.2) is 0 Å². The number of ketones is 1. The average molecular weight is 165 g/mol. The van der Waals surface area contributed by atoms with Crippen LogP contribution in [0.3, 0.4) is 0 Å². The summed E-state index contributed by atoms with van der Waals surface area (Å²) in [6.07, 6.45) is 4.08. The van der Waals surface area contributed by atoms with Crippen molar-refractivity contribution in [3.05, 3.63) is 0 Å². The summed E-state index contributed by atoms with van der Waals surface area (Å²) in [6, 6.07) is 0. The maximum Gasteiger partial charge on any atom is 0.227 e. The van der Waals surface area contributed by atoms with Gasteiger partial charge in [-0.15, -0.1) is 0 Å². The molecular formula is C9H11NO2. The molecule has 1 aliphatic heterocycles. The van der Waals surface area contributed by atoms with Crippen molar-refractivity contribution in [2.24, 2.45) is 5.41 Å². The number of amides is 1. The topological polar surface area (TPSA) is 46.2 Å². The highest BCUT2D eigenvalue weighted by atomic mass is 16.2. The molecule has 1 saturated heterocycles. The molecule has 1 heterocycles. The van der Waals surface area contributed by atoms with Gasteiger partial charge < -0.3 is 5.32 Å². The molecule has 3 heteroatoms. The van der Waals surface area contributed by atoms with Crippen LogP contribution in [0, 0.1) is 5.41 Å². The van der Waals surface area contributed by atoms with Crippen molar-refractivity contribution >= 4 is 11.7 Å². The maximum atomic E-state index is 11.6. The van der Waals surface area contributed by atoms with Crippen LogP contribution in [0.4, 0.5) is 0 Å². The third kappa shape index (κ3) is 0.625. The molecule has 0 radical (unpaired) electrons. The zero-order chi connectivity index (χ0) is 8.40. The summed E-state index contributed by atoms with van der Waals surface area (Å²) in [5.74, 6) is 0.416. The number of rotatable bonds is 0. The Morgan fingerprint density at radius 1 is 1.08 bits per heavy atom. The van der Waals surface area contributed by atoms with Gasteiger partial charge in [-0.2, -0.15) is 0 Å². The molecule has 3 nitrogen and oxygen atoms in total. The fraction of sp³-hybridized carbons (Fsp3) is 0.778. The van der Waals surface area contributed by atoms with E-state index in [2.05, 4.69) is 5.32 Å². The van der Waals surface area contributed by atoms with E-state index >= 15 is 0 Å². The molecule has 0 aromatic rings. The molecule has 64 valence electrons. The predicted molar refractivity (Wildman–Crippen MR) is 41.4 cm³/mol. The zero-order valence-corrected chi connectivity index (χ0v) is 6.85. The van der Waals surface area contributed by atoms with Gasteiger partial charge in [0.15, 0.2) is 5.78 Å². The molecular weight excluding hydrogens is 154 g/mol. The summed E-state index contributed by atoms with van der Waals surface area (Å²) in [6.45, 7) is 0. The molecule has 2 saturated carbocycles. The van der Waals surface area contributed by atoms with Crippen molar-refractivity contribution in [1.82, 2.24) is 5.32 Å². The molecule has 0 bridgehead atoms. The fourth-order valence-corrected chi connectivity index (χ4v) is 2.06. The first-order chi connectivity index (χ1) is 5.67. The van der Waals surface area contributed by atoms with E-state index in [1.54, 1.807) is 0 Å². The van der Waals surface area contributed by atoms with Gasteiger partial charge in [0.1, 0.15) is 0 Å². The van der Waals surface area contributed by atoms with Crippen LogP contribution in [0.1, 0.15) is 32.1 Å². The maximum absolute atomic E-state index is 11.6. The van der Waals surface area contributed by atoms with Gasteiger partial charge in [0.05, 0.1) is 11.0 Å². The SMILES string of the molecule is O=C1NC2(CC2)C(=O)CC12CC2. The molecule has 0 atom stereocenters. The van der Waals surface area contributed by atoms with Gasteiger partial charge in [0.2, 0.25) is 5.91 Å². The lowest BCUT2D eigenvalue weighted by molar-refractivity contribution is -0.139. The van der Waals surface area contributed by atoms with Crippen LogP contribution in [-0.4, -0.2) is 17.2 Å². The lowest BCUT2D eigenvalue weighted by atomic mass is 9.88. The van der Waals surface area contributed by atoms with Crippen LogP contribution >= 0.6 is 0 Å². The van der Waals surface area contributed by atoms with Crippen LogP contribution in [-0.2, 0) is 9.59 Å². The second kappa shape index (κ2) is 1.58. The van der Waals surface area contributed by atoms with E-state index < -0.39 is 0 Å². The number of hydrogen-bond acceptors (Lipinski definition) is 2. The quantitative estimate of drug-likeness (QED) is 0.564. The lowest BCUT2D eigenvalue weighted by Crippen LogP contribution is -2.52. The first-order valence-electron chi connectivity index (χ1n) is 4.53. The average Bonchev–Trinajstić information content (AvgIpc) is 2.82. The molecule has 0 unspecified atom stereocenters. The summed E-state index contributed by atoms with van der Waals surface area (Å²) in [4.78, 5) is 23.1. The van der Waals surface area contributed by atoms with Crippen LogP contribution < -0.4 is 5.32 Å². The van der Waals surface area contributed by atoms with E-state index in [1.807, 2.05) is 0 Å². The summed E-state index contributed by atoms with van der Waals surface area (Å²) in [5, 5.41) is 2.88. The normalized spacial score (nSPS) is 33.7. The first kappa shape index (κ1) is 6.63. The van der Waals surface area contributed by atoms with Crippen molar-refractivity contribution in [3.63, 3.8) is 0 Å². The Labute approximate surface area is 70.5 Å². The Morgan fingerprint density at radius 3 is 2.25 bits per heavy atom. The lowest BCUT2D eigenvalue weighted by Gasteiger charge is -2.27. The molecule has 1 amide bonds. The highest BCUT2D eigenvalue weighted by molar-refractivity contribution is 6.04. The van der Waals surface area contributed by atoms with E-state index in [0.29, 0.717) is 6.42 Å². The summed E-state index contributed by atoms with van der Waals surface area (Å²) in [7, 11) is 0. The van der Waals surface area contributed by atoms with Gasteiger partial charge in [-0.05, 0) is 25.7 Å². The molecule has 0 aromatic heterocycles. The first-order valence-corrected chi connectivity index (χ1v) is 4.53. The molecule has 3 fully saturated rings. The minimum absolute atomic E-state index is 0.139. The number of hydrogen-bond donors (Lipinski definition) is 1. The number of piperidine rings is 1. The highest BCUT2D eigenvalue weighted by Gasteiger charge is 2.63. The standard InChI is InChI=1S/C9H11NO2/c11-6-5-8(1-2-8)7(12)10-9(6)3-4-9/h1-5H2,(H,10,12).